The van der Waals surface area contributed by atoms with E-state index in [1.807, 2.05) is 26.8 Å². The van der Waals surface area contributed by atoms with E-state index >= 15 is 0 Å². The number of aromatic carboxylic acids is 1. The lowest BCUT2D eigenvalue weighted by Gasteiger charge is -2.11. The molecular formula is C15H16O3S. The summed E-state index contributed by atoms with van der Waals surface area (Å²) in [6.45, 7) is 6.61. The molecule has 100 valence electrons. The number of hydrogen-bond acceptors (Lipinski definition) is 3. The number of aryl methyl sites for hydroxylation is 2. The van der Waals surface area contributed by atoms with E-state index in [1.54, 1.807) is 11.4 Å². The van der Waals surface area contributed by atoms with Crippen molar-refractivity contribution in [3.63, 3.8) is 0 Å². The summed E-state index contributed by atoms with van der Waals surface area (Å²) in [5, 5.41) is 10.6. The summed E-state index contributed by atoms with van der Waals surface area (Å²) < 4.78 is 5.56. The van der Waals surface area contributed by atoms with Crippen LogP contribution in [0.3, 0.4) is 0 Å². The quantitative estimate of drug-likeness (QED) is 0.913. The third-order valence-electron chi connectivity index (χ3n) is 2.93. The van der Waals surface area contributed by atoms with Crippen molar-refractivity contribution in [2.24, 2.45) is 0 Å². The molecule has 0 saturated carbocycles. The Kier molecular flexibility index (Phi) is 3.90. The van der Waals surface area contributed by atoms with Crippen molar-refractivity contribution in [1.82, 2.24) is 0 Å². The molecule has 0 bridgehead atoms. The summed E-state index contributed by atoms with van der Waals surface area (Å²) in [4.78, 5) is 11.9. The predicted molar refractivity (Wildman–Crippen MR) is 77.4 cm³/mol. The minimum Gasteiger partial charge on any atom is -0.494 e. The van der Waals surface area contributed by atoms with Crippen molar-refractivity contribution in [2.45, 2.75) is 20.8 Å². The monoisotopic (exact) mass is 276 g/mol. The van der Waals surface area contributed by atoms with Gasteiger partial charge in [-0.3, -0.25) is 0 Å². The lowest BCUT2D eigenvalue weighted by atomic mass is 10.0. The van der Waals surface area contributed by atoms with E-state index in [0.29, 0.717) is 12.2 Å². The SMILES string of the molecule is CCOc1cc(C)c(-c2cc(C(=O)O)cs2)cc1C. The van der Waals surface area contributed by atoms with Crippen molar-refractivity contribution in [3.8, 4) is 16.2 Å². The van der Waals surface area contributed by atoms with Crippen molar-refractivity contribution in [3.05, 3.63) is 40.3 Å². The molecule has 1 heterocycles. The first-order chi connectivity index (χ1) is 9.02. The summed E-state index contributed by atoms with van der Waals surface area (Å²) in [6.07, 6.45) is 0. The number of benzene rings is 1. The molecule has 0 aliphatic heterocycles. The second-order valence-electron chi connectivity index (χ2n) is 4.37. The number of rotatable bonds is 4. The zero-order chi connectivity index (χ0) is 14.0. The maximum atomic E-state index is 10.9. The predicted octanol–water partition coefficient (Wildman–Crippen LogP) is 4.13. The molecule has 0 fully saturated rings. The van der Waals surface area contributed by atoms with Gasteiger partial charge in [0.25, 0.3) is 0 Å². The van der Waals surface area contributed by atoms with Gasteiger partial charge in [-0.1, -0.05) is 0 Å². The van der Waals surface area contributed by atoms with Gasteiger partial charge in [-0.15, -0.1) is 11.3 Å². The van der Waals surface area contributed by atoms with Gasteiger partial charge in [0.1, 0.15) is 5.75 Å². The third-order valence-corrected chi connectivity index (χ3v) is 3.90. The van der Waals surface area contributed by atoms with Crippen LogP contribution in [0.25, 0.3) is 10.4 Å². The molecule has 2 rings (SSSR count). The van der Waals surface area contributed by atoms with E-state index in [-0.39, 0.29) is 0 Å². The molecule has 1 aromatic heterocycles. The summed E-state index contributed by atoms with van der Waals surface area (Å²) in [5.41, 5.74) is 3.56. The van der Waals surface area contributed by atoms with E-state index in [9.17, 15) is 4.79 Å². The van der Waals surface area contributed by atoms with Crippen LogP contribution in [0.5, 0.6) is 5.75 Å². The van der Waals surface area contributed by atoms with Crippen LogP contribution in [0.1, 0.15) is 28.4 Å². The topological polar surface area (TPSA) is 46.5 Å². The van der Waals surface area contributed by atoms with Crippen LogP contribution in [0.15, 0.2) is 23.6 Å². The normalized spacial score (nSPS) is 10.5. The molecule has 2 aromatic rings. The molecule has 0 spiro atoms. The highest BCUT2D eigenvalue weighted by atomic mass is 32.1. The highest BCUT2D eigenvalue weighted by Crippen LogP contribution is 2.34. The molecule has 0 aliphatic carbocycles. The molecule has 3 nitrogen and oxygen atoms in total. The smallest absolute Gasteiger partial charge is 0.336 e. The van der Waals surface area contributed by atoms with E-state index < -0.39 is 5.97 Å². The largest absolute Gasteiger partial charge is 0.494 e. The lowest BCUT2D eigenvalue weighted by Crippen LogP contribution is -1.95. The number of carboxylic acids is 1. The zero-order valence-corrected chi connectivity index (χ0v) is 12.0. The Bertz CT molecular complexity index is 614. The Balaban J connectivity index is 2.44. The van der Waals surface area contributed by atoms with Crippen molar-refractivity contribution < 1.29 is 14.6 Å². The van der Waals surface area contributed by atoms with Crippen LogP contribution in [0.4, 0.5) is 0 Å². The van der Waals surface area contributed by atoms with Gasteiger partial charge in [0.15, 0.2) is 0 Å². The fraction of sp³-hybridized carbons (Fsp3) is 0.267. The van der Waals surface area contributed by atoms with Gasteiger partial charge in [-0.05, 0) is 55.7 Å². The second-order valence-corrected chi connectivity index (χ2v) is 5.28. The number of hydrogen-bond donors (Lipinski definition) is 1. The molecule has 0 radical (unpaired) electrons. The maximum absolute atomic E-state index is 10.9. The fourth-order valence-corrected chi connectivity index (χ4v) is 2.92. The van der Waals surface area contributed by atoms with E-state index in [1.165, 1.54) is 11.3 Å². The summed E-state index contributed by atoms with van der Waals surface area (Å²) in [5.74, 6) is 0.00146. The average molecular weight is 276 g/mol. The average Bonchev–Trinajstić information content (AvgIpc) is 2.83. The van der Waals surface area contributed by atoms with E-state index in [4.69, 9.17) is 9.84 Å². The van der Waals surface area contributed by atoms with Crippen molar-refractivity contribution in [1.29, 1.82) is 0 Å². The summed E-state index contributed by atoms with van der Waals surface area (Å²) in [7, 11) is 0. The van der Waals surface area contributed by atoms with Gasteiger partial charge >= 0.3 is 5.97 Å². The minimum atomic E-state index is -0.886. The lowest BCUT2D eigenvalue weighted by molar-refractivity contribution is 0.0697. The highest BCUT2D eigenvalue weighted by molar-refractivity contribution is 7.13. The Morgan fingerprint density at radius 2 is 2.00 bits per heavy atom. The van der Waals surface area contributed by atoms with Gasteiger partial charge < -0.3 is 9.84 Å². The van der Waals surface area contributed by atoms with Gasteiger partial charge in [-0.25, -0.2) is 4.79 Å². The molecule has 1 N–H and O–H groups in total. The Morgan fingerprint density at radius 3 is 2.58 bits per heavy atom. The van der Waals surface area contributed by atoms with Gasteiger partial charge in [0.05, 0.1) is 12.2 Å². The molecule has 0 amide bonds. The Morgan fingerprint density at radius 1 is 1.26 bits per heavy atom. The standard InChI is InChI=1S/C15H16O3S/c1-4-18-13-6-9(2)12(5-10(13)3)14-7-11(8-19-14)15(16)17/h5-8H,4H2,1-3H3,(H,16,17). The molecule has 0 aliphatic rings. The fourth-order valence-electron chi connectivity index (χ4n) is 1.96. The molecule has 0 saturated heterocycles. The summed E-state index contributed by atoms with van der Waals surface area (Å²) in [6, 6.07) is 5.78. The summed E-state index contributed by atoms with van der Waals surface area (Å²) >= 11 is 1.45. The zero-order valence-electron chi connectivity index (χ0n) is 11.2. The van der Waals surface area contributed by atoms with Crippen LogP contribution < -0.4 is 4.74 Å². The van der Waals surface area contributed by atoms with Gasteiger partial charge in [0.2, 0.25) is 0 Å². The van der Waals surface area contributed by atoms with Crippen LogP contribution in [0, 0.1) is 13.8 Å². The first kappa shape index (κ1) is 13.6. The van der Waals surface area contributed by atoms with Crippen molar-refractivity contribution in [2.75, 3.05) is 6.61 Å². The van der Waals surface area contributed by atoms with E-state index in [2.05, 4.69) is 6.07 Å². The van der Waals surface area contributed by atoms with Crippen LogP contribution >= 0.6 is 11.3 Å². The molecule has 0 unspecified atom stereocenters. The van der Waals surface area contributed by atoms with Crippen LogP contribution in [0.2, 0.25) is 0 Å². The minimum absolute atomic E-state index is 0.339. The van der Waals surface area contributed by atoms with Crippen LogP contribution in [-0.2, 0) is 0 Å². The van der Waals surface area contributed by atoms with Crippen molar-refractivity contribution >= 4 is 17.3 Å². The van der Waals surface area contributed by atoms with Gasteiger partial charge in [0, 0.05) is 10.3 Å². The second kappa shape index (κ2) is 5.45. The highest BCUT2D eigenvalue weighted by Gasteiger charge is 2.12. The number of ether oxygens (including phenoxy) is 1. The molecule has 0 atom stereocenters. The first-order valence-corrected chi connectivity index (χ1v) is 6.97. The number of carboxylic acid groups (broad SMARTS) is 1. The molecule has 4 heteroatoms. The molecular weight excluding hydrogens is 260 g/mol. The molecule has 1 aromatic carbocycles. The van der Waals surface area contributed by atoms with Gasteiger partial charge in [-0.2, -0.15) is 0 Å². The Labute approximate surface area is 116 Å². The first-order valence-electron chi connectivity index (χ1n) is 6.09. The number of carbonyl (C=O) groups is 1. The molecule has 19 heavy (non-hydrogen) atoms. The third kappa shape index (κ3) is 2.79. The van der Waals surface area contributed by atoms with E-state index in [0.717, 1.165) is 27.3 Å². The van der Waals surface area contributed by atoms with Crippen LogP contribution in [-0.4, -0.2) is 17.7 Å². The Hall–Kier alpha value is -1.81. The number of thiophene rings is 1. The maximum Gasteiger partial charge on any atom is 0.336 e.